The lowest BCUT2D eigenvalue weighted by Crippen LogP contribution is -2.28. The number of amides is 1. The summed E-state index contributed by atoms with van der Waals surface area (Å²) in [4.78, 5) is 10.6. The first-order chi connectivity index (χ1) is 8.16. The molecule has 0 bridgehead atoms. The van der Waals surface area contributed by atoms with Gasteiger partial charge in [-0.25, -0.2) is 4.79 Å². The third-order valence-electron chi connectivity index (χ3n) is 3.27. The van der Waals surface area contributed by atoms with Gasteiger partial charge in [0.15, 0.2) is 0 Å². The van der Waals surface area contributed by atoms with E-state index in [-0.39, 0.29) is 0 Å². The number of benzene rings is 1. The number of carboxylic acid groups (broad SMARTS) is 1. The highest BCUT2D eigenvalue weighted by Gasteiger charge is 2.17. The SMILES string of the molecule is Cc1ccc(NC(=O)O)cc1C1CCCNC1. The van der Waals surface area contributed by atoms with Crippen LogP contribution in [0.15, 0.2) is 18.2 Å². The van der Waals surface area contributed by atoms with Gasteiger partial charge >= 0.3 is 6.09 Å². The van der Waals surface area contributed by atoms with Crippen LogP contribution in [0.2, 0.25) is 0 Å². The van der Waals surface area contributed by atoms with E-state index < -0.39 is 6.09 Å². The Balaban J connectivity index is 2.21. The second kappa shape index (κ2) is 5.19. The van der Waals surface area contributed by atoms with E-state index >= 15 is 0 Å². The highest BCUT2D eigenvalue weighted by atomic mass is 16.4. The maximum atomic E-state index is 10.6. The Labute approximate surface area is 101 Å². The predicted octanol–water partition coefficient (Wildman–Crippen LogP) is 2.55. The molecule has 0 saturated carbocycles. The predicted molar refractivity (Wildman–Crippen MR) is 67.7 cm³/mol. The van der Waals surface area contributed by atoms with Gasteiger partial charge in [-0.05, 0) is 55.5 Å². The second-order valence-electron chi connectivity index (χ2n) is 4.54. The van der Waals surface area contributed by atoms with Crippen LogP contribution in [0.25, 0.3) is 0 Å². The van der Waals surface area contributed by atoms with Gasteiger partial charge < -0.3 is 10.4 Å². The lowest BCUT2D eigenvalue weighted by molar-refractivity contribution is 0.209. The van der Waals surface area contributed by atoms with Crippen LogP contribution in [0.5, 0.6) is 0 Å². The van der Waals surface area contributed by atoms with Gasteiger partial charge in [0.05, 0.1) is 0 Å². The number of hydrogen-bond donors (Lipinski definition) is 3. The zero-order valence-corrected chi connectivity index (χ0v) is 9.99. The Morgan fingerprint density at radius 1 is 1.53 bits per heavy atom. The molecule has 92 valence electrons. The average molecular weight is 234 g/mol. The van der Waals surface area contributed by atoms with E-state index in [0.717, 1.165) is 13.1 Å². The minimum absolute atomic E-state index is 0.499. The molecule has 1 aliphatic rings. The Morgan fingerprint density at radius 3 is 3.00 bits per heavy atom. The summed E-state index contributed by atoms with van der Waals surface area (Å²) in [5.74, 6) is 0.499. The zero-order valence-electron chi connectivity index (χ0n) is 9.99. The number of nitrogens with one attached hydrogen (secondary N) is 2. The van der Waals surface area contributed by atoms with Crippen molar-refractivity contribution in [3.05, 3.63) is 29.3 Å². The molecule has 0 spiro atoms. The molecule has 1 amide bonds. The van der Waals surface area contributed by atoms with E-state index in [0.29, 0.717) is 11.6 Å². The molecule has 4 nitrogen and oxygen atoms in total. The Morgan fingerprint density at radius 2 is 2.35 bits per heavy atom. The number of hydrogen-bond acceptors (Lipinski definition) is 2. The van der Waals surface area contributed by atoms with Gasteiger partial charge in [0.1, 0.15) is 0 Å². The molecule has 1 fully saturated rings. The number of piperidine rings is 1. The number of anilines is 1. The fourth-order valence-corrected chi connectivity index (χ4v) is 2.40. The van der Waals surface area contributed by atoms with E-state index in [9.17, 15) is 4.79 Å². The van der Waals surface area contributed by atoms with Gasteiger partial charge in [0.25, 0.3) is 0 Å². The van der Waals surface area contributed by atoms with Gasteiger partial charge in [-0.3, -0.25) is 5.32 Å². The normalized spacial score (nSPS) is 19.9. The van der Waals surface area contributed by atoms with E-state index in [1.807, 2.05) is 18.2 Å². The molecular formula is C13H18N2O2. The summed E-state index contributed by atoms with van der Waals surface area (Å²) in [6, 6.07) is 5.75. The minimum atomic E-state index is -1.01. The van der Waals surface area contributed by atoms with Crippen molar-refractivity contribution in [3.63, 3.8) is 0 Å². The molecule has 3 N–H and O–H groups in total. The van der Waals surface area contributed by atoms with Crippen molar-refractivity contribution in [2.75, 3.05) is 18.4 Å². The standard InChI is InChI=1S/C13H18N2O2/c1-9-4-5-11(15-13(16)17)7-12(9)10-3-2-6-14-8-10/h4-5,7,10,14-15H,2-3,6,8H2,1H3,(H,16,17). The molecule has 17 heavy (non-hydrogen) atoms. The molecule has 0 aliphatic carbocycles. The summed E-state index contributed by atoms with van der Waals surface area (Å²) in [6.45, 7) is 4.15. The number of aryl methyl sites for hydroxylation is 1. The monoisotopic (exact) mass is 234 g/mol. The first-order valence-electron chi connectivity index (χ1n) is 5.98. The molecule has 1 aromatic rings. The van der Waals surface area contributed by atoms with E-state index in [4.69, 9.17) is 5.11 Å². The minimum Gasteiger partial charge on any atom is -0.465 e. The molecule has 2 rings (SSSR count). The Hall–Kier alpha value is -1.55. The van der Waals surface area contributed by atoms with E-state index in [2.05, 4.69) is 17.6 Å². The van der Waals surface area contributed by atoms with Gasteiger partial charge in [-0.2, -0.15) is 0 Å². The highest BCUT2D eigenvalue weighted by molar-refractivity contribution is 5.83. The van der Waals surface area contributed by atoms with Crippen LogP contribution >= 0.6 is 0 Å². The zero-order chi connectivity index (χ0) is 12.3. The van der Waals surface area contributed by atoms with Crippen LogP contribution < -0.4 is 10.6 Å². The molecule has 1 saturated heterocycles. The summed E-state index contributed by atoms with van der Waals surface area (Å²) in [5.41, 5.74) is 3.14. The molecule has 0 radical (unpaired) electrons. The van der Waals surface area contributed by atoms with Gasteiger partial charge in [-0.15, -0.1) is 0 Å². The molecule has 1 atom stereocenters. The molecule has 1 aromatic carbocycles. The third-order valence-corrected chi connectivity index (χ3v) is 3.27. The topological polar surface area (TPSA) is 61.4 Å². The van der Waals surface area contributed by atoms with Crippen LogP contribution in [0, 0.1) is 6.92 Å². The van der Waals surface area contributed by atoms with Gasteiger partial charge in [0.2, 0.25) is 0 Å². The third kappa shape index (κ3) is 2.97. The average Bonchev–Trinajstić information content (AvgIpc) is 2.32. The summed E-state index contributed by atoms with van der Waals surface area (Å²) in [7, 11) is 0. The van der Waals surface area contributed by atoms with Crippen LogP contribution in [0.4, 0.5) is 10.5 Å². The van der Waals surface area contributed by atoms with Gasteiger partial charge in [-0.1, -0.05) is 6.07 Å². The fraction of sp³-hybridized carbons (Fsp3) is 0.462. The van der Waals surface area contributed by atoms with Crippen molar-refractivity contribution in [2.24, 2.45) is 0 Å². The summed E-state index contributed by atoms with van der Waals surface area (Å²) in [5, 5.41) is 14.5. The van der Waals surface area contributed by atoms with Crippen molar-refractivity contribution in [1.29, 1.82) is 0 Å². The fourth-order valence-electron chi connectivity index (χ4n) is 2.40. The first-order valence-corrected chi connectivity index (χ1v) is 5.98. The number of rotatable bonds is 2. The van der Waals surface area contributed by atoms with Crippen LogP contribution in [0.1, 0.15) is 29.9 Å². The van der Waals surface area contributed by atoms with E-state index in [1.165, 1.54) is 24.0 Å². The Kier molecular flexibility index (Phi) is 3.64. The first kappa shape index (κ1) is 11.9. The van der Waals surface area contributed by atoms with Crippen molar-refractivity contribution in [1.82, 2.24) is 5.32 Å². The molecule has 1 aliphatic heterocycles. The maximum absolute atomic E-state index is 10.6. The molecule has 1 heterocycles. The van der Waals surface area contributed by atoms with Crippen LogP contribution in [-0.4, -0.2) is 24.3 Å². The van der Waals surface area contributed by atoms with E-state index in [1.54, 1.807) is 0 Å². The summed E-state index contributed by atoms with van der Waals surface area (Å²) >= 11 is 0. The molecule has 4 heteroatoms. The van der Waals surface area contributed by atoms with Crippen molar-refractivity contribution in [2.45, 2.75) is 25.7 Å². The maximum Gasteiger partial charge on any atom is 0.409 e. The smallest absolute Gasteiger partial charge is 0.409 e. The summed E-state index contributed by atoms with van der Waals surface area (Å²) < 4.78 is 0. The lowest BCUT2D eigenvalue weighted by Gasteiger charge is -2.25. The van der Waals surface area contributed by atoms with Crippen LogP contribution in [-0.2, 0) is 0 Å². The summed E-state index contributed by atoms with van der Waals surface area (Å²) in [6.07, 6.45) is 1.34. The van der Waals surface area contributed by atoms with Crippen LogP contribution in [0.3, 0.4) is 0 Å². The molecule has 0 aromatic heterocycles. The quantitative estimate of drug-likeness (QED) is 0.737. The van der Waals surface area contributed by atoms with Crippen molar-refractivity contribution in [3.8, 4) is 0 Å². The highest BCUT2D eigenvalue weighted by Crippen LogP contribution is 2.28. The largest absolute Gasteiger partial charge is 0.465 e. The molecular weight excluding hydrogens is 216 g/mol. The van der Waals surface area contributed by atoms with Crippen molar-refractivity contribution < 1.29 is 9.90 Å². The second-order valence-corrected chi connectivity index (χ2v) is 4.54. The lowest BCUT2D eigenvalue weighted by atomic mass is 9.88. The van der Waals surface area contributed by atoms with Crippen molar-refractivity contribution >= 4 is 11.8 Å². The molecule has 1 unspecified atom stereocenters. The number of carbonyl (C=O) groups is 1. The Bertz CT molecular complexity index is 412. The van der Waals surface area contributed by atoms with Gasteiger partial charge in [0, 0.05) is 12.2 Å².